The Balaban J connectivity index is 0.00000338. The number of hydrogen-bond donors (Lipinski definition) is 3. The van der Waals surface area contributed by atoms with Crippen LogP contribution in [-0.2, 0) is 6.54 Å². The van der Waals surface area contributed by atoms with Crippen LogP contribution in [0, 0.1) is 0 Å². The molecule has 26 heavy (non-hydrogen) atoms. The van der Waals surface area contributed by atoms with Crippen LogP contribution in [0.15, 0.2) is 64.5 Å². The zero-order chi connectivity index (χ0) is 17.9. The molecule has 0 aliphatic heterocycles. The first kappa shape index (κ1) is 22.3. The van der Waals surface area contributed by atoms with Gasteiger partial charge in [0.2, 0.25) is 0 Å². The summed E-state index contributed by atoms with van der Waals surface area (Å²) in [7, 11) is 3.38. The molecule has 0 unspecified atom stereocenters. The van der Waals surface area contributed by atoms with Gasteiger partial charge in [-0.05, 0) is 29.8 Å². The second-order valence-electron chi connectivity index (χ2n) is 5.29. The average molecular weight is 484 g/mol. The van der Waals surface area contributed by atoms with E-state index >= 15 is 0 Å². The van der Waals surface area contributed by atoms with E-state index in [2.05, 4.69) is 33.1 Å². The molecule has 0 aromatic heterocycles. The van der Waals surface area contributed by atoms with Crippen LogP contribution in [0.25, 0.3) is 0 Å². The van der Waals surface area contributed by atoms with Crippen molar-refractivity contribution in [3.8, 4) is 0 Å². The van der Waals surface area contributed by atoms with Gasteiger partial charge in [0, 0.05) is 43.4 Å². The number of halogens is 1. The third-order valence-corrected chi connectivity index (χ3v) is 4.52. The minimum atomic E-state index is -0.0812. The summed E-state index contributed by atoms with van der Waals surface area (Å²) >= 11 is 1.81. The number of benzene rings is 2. The lowest BCUT2D eigenvalue weighted by molar-refractivity contribution is 0.0963. The number of thioether (sulfide) groups is 1. The summed E-state index contributed by atoms with van der Waals surface area (Å²) in [5.74, 6) is 1.62. The van der Waals surface area contributed by atoms with Crippen LogP contribution in [0.2, 0.25) is 0 Å². The van der Waals surface area contributed by atoms with E-state index in [4.69, 9.17) is 0 Å². The SMILES string of the molecule is CN=C(NCCSc1ccccc1)NCc1cccc(C(=O)NC)c1.I. The van der Waals surface area contributed by atoms with Crippen molar-refractivity contribution in [3.05, 3.63) is 65.7 Å². The monoisotopic (exact) mass is 484 g/mol. The van der Waals surface area contributed by atoms with Crippen LogP contribution in [0.5, 0.6) is 0 Å². The van der Waals surface area contributed by atoms with Gasteiger partial charge in [0.25, 0.3) is 5.91 Å². The third kappa shape index (κ3) is 7.65. The molecule has 0 aliphatic carbocycles. The third-order valence-electron chi connectivity index (χ3n) is 3.51. The topological polar surface area (TPSA) is 65.5 Å². The molecule has 5 nitrogen and oxygen atoms in total. The van der Waals surface area contributed by atoms with Gasteiger partial charge in [-0.25, -0.2) is 0 Å². The first-order valence-electron chi connectivity index (χ1n) is 8.16. The Labute approximate surface area is 176 Å². The molecule has 2 aromatic rings. The molecule has 0 bridgehead atoms. The molecule has 3 N–H and O–H groups in total. The van der Waals surface area contributed by atoms with Gasteiger partial charge in [0.05, 0.1) is 0 Å². The summed E-state index contributed by atoms with van der Waals surface area (Å²) in [5, 5.41) is 9.20. The standard InChI is InChI=1S/C19H24N4OS.HI/c1-20-18(24)16-8-6-7-15(13-16)14-23-19(21-2)22-11-12-25-17-9-4-3-5-10-17;/h3-10,13H,11-12,14H2,1-2H3,(H,20,24)(H2,21,22,23);1H. The molecule has 1 amide bonds. The van der Waals surface area contributed by atoms with Gasteiger partial charge in [-0.3, -0.25) is 9.79 Å². The Kier molecular flexibility index (Phi) is 10.8. The number of nitrogens with zero attached hydrogens (tertiary/aromatic N) is 1. The van der Waals surface area contributed by atoms with Crippen molar-refractivity contribution in [3.63, 3.8) is 0 Å². The van der Waals surface area contributed by atoms with Gasteiger partial charge in [-0.1, -0.05) is 30.3 Å². The Morgan fingerprint density at radius 2 is 1.85 bits per heavy atom. The van der Waals surface area contributed by atoms with E-state index in [1.54, 1.807) is 31.9 Å². The van der Waals surface area contributed by atoms with Gasteiger partial charge < -0.3 is 16.0 Å². The number of carbonyl (C=O) groups excluding carboxylic acids is 1. The van der Waals surface area contributed by atoms with Crippen molar-refractivity contribution in [1.29, 1.82) is 0 Å². The van der Waals surface area contributed by atoms with Gasteiger partial charge in [-0.2, -0.15) is 0 Å². The van der Waals surface area contributed by atoms with E-state index in [0.29, 0.717) is 12.1 Å². The lowest BCUT2D eigenvalue weighted by Crippen LogP contribution is -2.38. The highest BCUT2D eigenvalue weighted by Crippen LogP contribution is 2.15. The normalized spacial score (nSPS) is 10.6. The summed E-state index contributed by atoms with van der Waals surface area (Å²) in [6.07, 6.45) is 0. The second kappa shape index (κ2) is 12.6. The Morgan fingerprint density at radius 1 is 1.08 bits per heavy atom. The molecule has 0 radical (unpaired) electrons. The van der Waals surface area contributed by atoms with E-state index in [0.717, 1.165) is 23.8 Å². The van der Waals surface area contributed by atoms with Crippen LogP contribution < -0.4 is 16.0 Å². The molecule has 0 spiro atoms. The van der Waals surface area contributed by atoms with Crippen LogP contribution in [0.1, 0.15) is 15.9 Å². The molecule has 0 atom stereocenters. The van der Waals surface area contributed by atoms with Gasteiger partial charge >= 0.3 is 0 Å². The van der Waals surface area contributed by atoms with Crippen molar-refractivity contribution < 1.29 is 4.79 Å². The van der Waals surface area contributed by atoms with E-state index in [1.165, 1.54) is 4.90 Å². The van der Waals surface area contributed by atoms with Crippen LogP contribution in [0.3, 0.4) is 0 Å². The number of hydrogen-bond acceptors (Lipinski definition) is 3. The Hall–Kier alpha value is -1.74. The van der Waals surface area contributed by atoms with Crippen molar-refractivity contribution in [2.45, 2.75) is 11.4 Å². The molecule has 0 saturated heterocycles. The number of amides is 1. The molecular weight excluding hydrogens is 459 g/mol. The maximum atomic E-state index is 11.7. The first-order chi connectivity index (χ1) is 12.2. The predicted molar refractivity (Wildman–Crippen MR) is 121 cm³/mol. The quantitative estimate of drug-likeness (QED) is 0.186. The molecule has 0 aliphatic rings. The van der Waals surface area contributed by atoms with Crippen molar-refractivity contribution in [2.24, 2.45) is 4.99 Å². The summed E-state index contributed by atoms with van der Waals surface area (Å²) in [4.78, 5) is 17.2. The zero-order valence-electron chi connectivity index (χ0n) is 15.0. The largest absolute Gasteiger partial charge is 0.356 e. The van der Waals surface area contributed by atoms with Crippen LogP contribution >= 0.6 is 35.7 Å². The molecule has 7 heteroatoms. The maximum Gasteiger partial charge on any atom is 0.251 e. The van der Waals surface area contributed by atoms with E-state index < -0.39 is 0 Å². The number of rotatable bonds is 7. The molecule has 140 valence electrons. The predicted octanol–water partition coefficient (Wildman–Crippen LogP) is 3.12. The van der Waals surface area contributed by atoms with Gasteiger partial charge in [-0.15, -0.1) is 35.7 Å². The van der Waals surface area contributed by atoms with Gasteiger partial charge in [0.15, 0.2) is 5.96 Å². The fourth-order valence-electron chi connectivity index (χ4n) is 2.23. The number of guanidine groups is 1. The van der Waals surface area contributed by atoms with Crippen LogP contribution in [0.4, 0.5) is 0 Å². The van der Waals surface area contributed by atoms with E-state index in [9.17, 15) is 4.79 Å². The zero-order valence-corrected chi connectivity index (χ0v) is 18.1. The Bertz CT molecular complexity index is 710. The van der Waals surface area contributed by atoms with E-state index in [1.807, 2.05) is 36.4 Å². The van der Waals surface area contributed by atoms with Crippen molar-refractivity contribution in [2.75, 3.05) is 26.4 Å². The van der Waals surface area contributed by atoms with Crippen molar-refractivity contribution in [1.82, 2.24) is 16.0 Å². The lowest BCUT2D eigenvalue weighted by atomic mass is 10.1. The summed E-state index contributed by atoms with van der Waals surface area (Å²) in [6, 6.07) is 17.9. The summed E-state index contributed by atoms with van der Waals surface area (Å²) in [6.45, 7) is 1.42. The highest BCUT2D eigenvalue weighted by molar-refractivity contribution is 14.0. The average Bonchev–Trinajstić information content (AvgIpc) is 2.67. The first-order valence-corrected chi connectivity index (χ1v) is 9.15. The van der Waals surface area contributed by atoms with Gasteiger partial charge in [0.1, 0.15) is 0 Å². The molecule has 0 fully saturated rings. The van der Waals surface area contributed by atoms with Crippen molar-refractivity contribution >= 4 is 47.6 Å². The van der Waals surface area contributed by atoms with Crippen LogP contribution in [-0.4, -0.2) is 38.3 Å². The number of aliphatic imine (C=N–C) groups is 1. The Morgan fingerprint density at radius 3 is 2.54 bits per heavy atom. The highest BCUT2D eigenvalue weighted by atomic mass is 127. The fourth-order valence-corrected chi connectivity index (χ4v) is 3.02. The highest BCUT2D eigenvalue weighted by Gasteiger charge is 2.04. The molecule has 2 aromatic carbocycles. The number of nitrogens with one attached hydrogen (secondary N) is 3. The number of carbonyl (C=O) groups is 1. The maximum absolute atomic E-state index is 11.7. The van der Waals surface area contributed by atoms with E-state index in [-0.39, 0.29) is 29.9 Å². The summed E-state index contributed by atoms with van der Waals surface area (Å²) < 4.78 is 0. The lowest BCUT2D eigenvalue weighted by Gasteiger charge is -2.12. The molecule has 0 saturated carbocycles. The minimum absolute atomic E-state index is 0. The smallest absolute Gasteiger partial charge is 0.251 e. The minimum Gasteiger partial charge on any atom is -0.356 e. The molecular formula is C19H25IN4OS. The fraction of sp³-hybridized carbons (Fsp3) is 0.263. The summed E-state index contributed by atoms with van der Waals surface area (Å²) in [5.41, 5.74) is 1.69. The molecule has 0 heterocycles. The molecule has 2 rings (SSSR count). The second-order valence-corrected chi connectivity index (χ2v) is 6.46.